The van der Waals surface area contributed by atoms with E-state index < -0.39 is 6.43 Å². The topological polar surface area (TPSA) is 17.8 Å². The van der Waals surface area contributed by atoms with Crippen molar-refractivity contribution in [1.29, 1.82) is 0 Å². The van der Waals surface area contributed by atoms with E-state index in [4.69, 9.17) is 0 Å². The summed E-state index contributed by atoms with van der Waals surface area (Å²) in [5, 5.41) is 3.88. The van der Waals surface area contributed by atoms with Gasteiger partial charge in [0.1, 0.15) is 6.54 Å². The van der Waals surface area contributed by atoms with E-state index in [-0.39, 0.29) is 6.54 Å². The average Bonchev–Trinajstić information content (AvgIpc) is 2.66. The molecule has 0 aliphatic heterocycles. The molecule has 0 fully saturated rings. The van der Waals surface area contributed by atoms with Gasteiger partial charge >= 0.3 is 0 Å². The van der Waals surface area contributed by atoms with Crippen LogP contribution in [0.25, 0.3) is 11.1 Å². The molecule has 0 spiro atoms. The number of alkyl halides is 2. The first-order chi connectivity index (χ1) is 7.65. The van der Waals surface area contributed by atoms with Gasteiger partial charge in [-0.15, -0.1) is 0 Å². The molecule has 0 saturated heterocycles. The zero-order chi connectivity index (χ0) is 11.5. The van der Waals surface area contributed by atoms with Crippen LogP contribution in [0.1, 0.15) is 0 Å². The minimum atomic E-state index is -2.38. The van der Waals surface area contributed by atoms with Gasteiger partial charge in [-0.1, -0.05) is 28.1 Å². The SMILES string of the molecule is FC(F)Cn1cc(-c2ccc(Br)cc2)cn1. The molecule has 2 nitrogen and oxygen atoms in total. The van der Waals surface area contributed by atoms with Crippen LogP contribution in [0.4, 0.5) is 8.78 Å². The molecule has 1 aromatic carbocycles. The highest BCUT2D eigenvalue weighted by Crippen LogP contribution is 2.21. The fourth-order valence-corrected chi connectivity index (χ4v) is 1.66. The number of halogens is 3. The Morgan fingerprint density at radius 3 is 2.50 bits per heavy atom. The average molecular weight is 287 g/mol. The van der Waals surface area contributed by atoms with Crippen LogP contribution in [0, 0.1) is 0 Å². The minimum absolute atomic E-state index is 0.365. The summed E-state index contributed by atoms with van der Waals surface area (Å²) in [4.78, 5) is 0. The summed E-state index contributed by atoms with van der Waals surface area (Å²) < 4.78 is 26.5. The lowest BCUT2D eigenvalue weighted by Gasteiger charge is -1.99. The van der Waals surface area contributed by atoms with E-state index in [0.29, 0.717) is 0 Å². The van der Waals surface area contributed by atoms with Gasteiger partial charge < -0.3 is 0 Å². The molecular weight excluding hydrogens is 278 g/mol. The lowest BCUT2D eigenvalue weighted by Crippen LogP contribution is -2.06. The number of hydrogen-bond donors (Lipinski definition) is 0. The van der Waals surface area contributed by atoms with Gasteiger partial charge in [-0.3, -0.25) is 4.68 Å². The maximum absolute atomic E-state index is 12.1. The molecule has 1 heterocycles. The largest absolute Gasteiger partial charge is 0.266 e. The van der Waals surface area contributed by atoms with Crippen molar-refractivity contribution >= 4 is 15.9 Å². The molecule has 1 aromatic heterocycles. The molecule has 2 rings (SSSR count). The highest BCUT2D eigenvalue weighted by atomic mass is 79.9. The van der Waals surface area contributed by atoms with Crippen LogP contribution in [0.5, 0.6) is 0 Å². The number of hydrogen-bond acceptors (Lipinski definition) is 1. The van der Waals surface area contributed by atoms with Gasteiger partial charge in [0, 0.05) is 16.2 Å². The summed E-state index contributed by atoms with van der Waals surface area (Å²) >= 11 is 3.34. The van der Waals surface area contributed by atoms with Crippen molar-refractivity contribution in [3.63, 3.8) is 0 Å². The van der Waals surface area contributed by atoms with Crippen molar-refractivity contribution < 1.29 is 8.78 Å². The number of aromatic nitrogens is 2. The first-order valence-electron chi connectivity index (χ1n) is 4.72. The van der Waals surface area contributed by atoms with Gasteiger partial charge in [0.05, 0.1) is 6.20 Å². The molecule has 2 aromatic rings. The van der Waals surface area contributed by atoms with E-state index in [2.05, 4.69) is 21.0 Å². The van der Waals surface area contributed by atoms with E-state index in [1.165, 1.54) is 4.68 Å². The monoisotopic (exact) mass is 286 g/mol. The second kappa shape index (κ2) is 4.74. The van der Waals surface area contributed by atoms with E-state index in [1.807, 2.05) is 24.3 Å². The molecule has 0 N–H and O–H groups in total. The van der Waals surface area contributed by atoms with Crippen LogP contribution < -0.4 is 0 Å². The molecule has 0 aliphatic carbocycles. The van der Waals surface area contributed by atoms with Crippen molar-refractivity contribution in [2.45, 2.75) is 13.0 Å². The Balaban J connectivity index is 2.21. The molecule has 84 valence electrons. The van der Waals surface area contributed by atoms with Gasteiger partial charge in [0.2, 0.25) is 0 Å². The van der Waals surface area contributed by atoms with Crippen LogP contribution in [0.2, 0.25) is 0 Å². The van der Waals surface area contributed by atoms with Crippen molar-refractivity contribution in [3.8, 4) is 11.1 Å². The summed E-state index contributed by atoms with van der Waals surface area (Å²) in [7, 11) is 0. The molecule has 0 radical (unpaired) electrons. The van der Waals surface area contributed by atoms with Crippen LogP contribution in [0.15, 0.2) is 41.1 Å². The molecule has 0 atom stereocenters. The van der Waals surface area contributed by atoms with Gasteiger partial charge in [0.25, 0.3) is 6.43 Å². The third-order valence-electron chi connectivity index (χ3n) is 2.14. The van der Waals surface area contributed by atoms with E-state index in [0.717, 1.165) is 15.6 Å². The zero-order valence-electron chi connectivity index (χ0n) is 8.28. The molecule has 16 heavy (non-hydrogen) atoms. The second-order valence-electron chi connectivity index (χ2n) is 3.35. The van der Waals surface area contributed by atoms with Crippen molar-refractivity contribution in [1.82, 2.24) is 9.78 Å². The smallest absolute Gasteiger partial charge is 0.257 e. The van der Waals surface area contributed by atoms with E-state index >= 15 is 0 Å². The van der Waals surface area contributed by atoms with Crippen molar-refractivity contribution in [2.75, 3.05) is 0 Å². The van der Waals surface area contributed by atoms with Crippen molar-refractivity contribution in [2.24, 2.45) is 0 Å². The summed E-state index contributed by atoms with van der Waals surface area (Å²) in [6.45, 7) is -0.365. The van der Waals surface area contributed by atoms with Crippen LogP contribution in [-0.4, -0.2) is 16.2 Å². The number of benzene rings is 1. The predicted octanol–water partition coefficient (Wildman–Crippen LogP) is 3.58. The Kier molecular flexibility index (Phi) is 3.33. The van der Waals surface area contributed by atoms with Crippen molar-refractivity contribution in [3.05, 3.63) is 41.1 Å². The molecular formula is C11H9BrF2N2. The molecule has 0 amide bonds. The molecule has 0 aliphatic rings. The highest BCUT2D eigenvalue weighted by molar-refractivity contribution is 9.10. The summed E-state index contributed by atoms with van der Waals surface area (Å²) in [5.74, 6) is 0. The first kappa shape index (κ1) is 11.3. The van der Waals surface area contributed by atoms with E-state index in [9.17, 15) is 8.78 Å². The van der Waals surface area contributed by atoms with E-state index in [1.54, 1.807) is 12.4 Å². The van der Waals surface area contributed by atoms with Gasteiger partial charge in [-0.25, -0.2) is 8.78 Å². The van der Waals surface area contributed by atoms with Crippen LogP contribution in [0.3, 0.4) is 0 Å². The second-order valence-corrected chi connectivity index (χ2v) is 4.26. The number of rotatable bonds is 3. The van der Waals surface area contributed by atoms with Crippen LogP contribution >= 0.6 is 15.9 Å². The normalized spacial score (nSPS) is 11.0. The maximum Gasteiger partial charge on any atom is 0.257 e. The summed E-state index contributed by atoms with van der Waals surface area (Å²) in [6, 6.07) is 7.63. The zero-order valence-corrected chi connectivity index (χ0v) is 9.86. The Morgan fingerprint density at radius 2 is 1.88 bits per heavy atom. The van der Waals surface area contributed by atoms with Gasteiger partial charge in [-0.2, -0.15) is 5.10 Å². The molecule has 0 bridgehead atoms. The molecule has 0 unspecified atom stereocenters. The Hall–Kier alpha value is -1.23. The minimum Gasteiger partial charge on any atom is -0.266 e. The summed E-state index contributed by atoms with van der Waals surface area (Å²) in [6.07, 6.45) is 0.832. The van der Waals surface area contributed by atoms with Crippen LogP contribution in [-0.2, 0) is 6.54 Å². The third kappa shape index (κ3) is 2.66. The fourth-order valence-electron chi connectivity index (χ4n) is 1.40. The molecule has 0 saturated carbocycles. The third-order valence-corrected chi connectivity index (χ3v) is 2.66. The molecule has 5 heteroatoms. The lowest BCUT2D eigenvalue weighted by molar-refractivity contribution is 0.122. The first-order valence-corrected chi connectivity index (χ1v) is 5.51. The highest BCUT2D eigenvalue weighted by Gasteiger charge is 2.06. The number of nitrogens with zero attached hydrogens (tertiary/aromatic N) is 2. The predicted molar refractivity (Wildman–Crippen MR) is 61.4 cm³/mol. The quantitative estimate of drug-likeness (QED) is 0.843. The van der Waals surface area contributed by atoms with Gasteiger partial charge in [0.15, 0.2) is 0 Å². The standard InChI is InChI=1S/C11H9BrF2N2/c12-10-3-1-8(2-4-10)9-5-15-16(6-9)7-11(13)14/h1-6,11H,7H2. The Morgan fingerprint density at radius 1 is 1.19 bits per heavy atom. The summed E-state index contributed by atoms with van der Waals surface area (Å²) in [5.41, 5.74) is 1.80. The Bertz CT molecular complexity index is 465. The fraction of sp³-hybridized carbons (Fsp3) is 0.182. The lowest BCUT2D eigenvalue weighted by atomic mass is 10.1. The van der Waals surface area contributed by atoms with Gasteiger partial charge in [-0.05, 0) is 17.7 Å². The maximum atomic E-state index is 12.1. The Labute approximate surface area is 100 Å².